The van der Waals surface area contributed by atoms with Crippen molar-refractivity contribution in [1.29, 1.82) is 0 Å². The predicted molar refractivity (Wildman–Crippen MR) is 66.3 cm³/mol. The molecule has 0 saturated carbocycles. The maximum absolute atomic E-state index is 12.2. The molecule has 2 aromatic rings. The summed E-state index contributed by atoms with van der Waals surface area (Å²) in [5.41, 5.74) is 1.59. The first kappa shape index (κ1) is 12.5. The van der Waals surface area contributed by atoms with E-state index in [1.165, 1.54) is 6.33 Å². The van der Waals surface area contributed by atoms with E-state index < -0.39 is 0 Å². The van der Waals surface area contributed by atoms with Crippen LogP contribution in [0.2, 0.25) is 0 Å². The Labute approximate surface area is 106 Å². The molecule has 0 spiro atoms. The monoisotopic (exact) mass is 247 g/mol. The summed E-state index contributed by atoms with van der Waals surface area (Å²) in [4.78, 5) is 16.3. The lowest BCUT2D eigenvalue weighted by molar-refractivity contribution is 0.0979. The zero-order chi connectivity index (χ0) is 13.1. The van der Waals surface area contributed by atoms with Crippen LogP contribution in [-0.4, -0.2) is 30.3 Å². The standard InChI is InChI=1S/C12H17N5O/c1-4-9-6-10(17(5-2)15-9)11(18)7-12-13-8-14-16(12)3/h6,8H,4-5,7H2,1-3H3. The number of hydrogen-bond donors (Lipinski definition) is 0. The lowest BCUT2D eigenvalue weighted by atomic mass is 10.2. The molecule has 0 aromatic carbocycles. The van der Waals surface area contributed by atoms with Gasteiger partial charge in [0.05, 0.1) is 12.1 Å². The number of hydrogen-bond acceptors (Lipinski definition) is 4. The minimum absolute atomic E-state index is 0.0279. The average molecular weight is 247 g/mol. The van der Waals surface area contributed by atoms with Crippen LogP contribution in [0, 0.1) is 0 Å². The van der Waals surface area contributed by atoms with Crippen LogP contribution >= 0.6 is 0 Å². The largest absolute Gasteiger partial charge is 0.292 e. The van der Waals surface area contributed by atoms with Gasteiger partial charge in [0, 0.05) is 13.6 Å². The molecule has 18 heavy (non-hydrogen) atoms. The summed E-state index contributed by atoms with van der Waals surface area (Å²) in [6.45, 7) is 4.70. The van der Waals surface area contributed by atoms with Gasteiger partial charge in [-0.2, -0.15) is 10.2 Å². The molecular formula is C12H17N5O. The third-order valence-corrected chi connectivity index (χ3v) is 2.90. The summed E-state index contributed by atoms with van der Waals surface area (Å²) in [6, 6.07) is 1.86. The van der Waals surface area contributed by atoms with Crippen LogP contribution in [-0.2, 0) is 26.4 Å². The Morgan fingerprint density at radius 3 is 2.72 bits per heavy atom. The summed E-state index contributed by atoms with van der Waals surface area (Å²) < 4.78 is 3.36. The Kier molecular flexibility index (Phi) is 3.55. The van der Waals surface area contributed by atoms with Gasteiger partial charge in [-0.1, -0.05) is 6.92 Å². The van der Waals surface area contributed by atoms with Crippen molar-refractivity contribution in [1.82, 2.24) is 24.5 Å². The highest BCUT2D eigenvalue weighted by Crippen LogP contribution is 2.09. The van der Waals surface area contributed by atoms with E-state index in [0.29, 0.717) is 18.1 Å². The third kappa shape index (κ3) is 2.32. The molecule has 0 aliphatic rings. The predicted octanol–water partition coefficient (Wildman–Crippen LogP) is 1.02. The van der Waals surface area contributed by atoms with Gasteiger partial charge in [0.15, 0.2) is 5.78 Å². The van der Waals surface area contributed by atoms with Crippen LogP contribution in [0.4, 0.5) is 0 Å². The van der Waals surface area contributed by atoms with Gasteiger partial charge in [-0.25, -0.2) is 4.98 Å². The molecule has 0 amide bonds. The zero-order valence-corrected chi connectivity index (χ0v) is 10.9. The van der Waals surface area contributed by atoms with E-state index >= 15 is 0 Å². The van der Waals surface area contributed by atoms with Gasteiger partial charge in [-0.05, 0) is 19.4 Å². The molecule has 2 aromatic heterocycles. The summed E-state index contributed by atoms with van der Waals surface area (Å²) in [5.74, 6) is 0.696. The van der Waals surface area contributed by atoms with Gasteiger partial charge < -0.3 is 0 Å². The molecule has 0 radical (unpaired) electrons. The molecule has 0 saturated heterocycles. The summed E-state index contributed by atoms with van der Waals surface area (Å²) in [7, 11) is 1.78. The van der Waals surface area contributed by atoms with Crippen molar-refractivity contribution in [2.24, 2.45) is 7.05 Å². The molecule has 0 aliphatic heterocycles. The molecule has 0 unspecified atom stereocenters. The molecule has 0 aliphatic carbocycles. The van der Waals surface area contributed by atoms with Crippen molar-refractivity contribution in [2.75, 3.05) is 0 Å². The number of rotatable bonds is 5. The minimum atomic E-state index is 0.0279. The van der Waals surface area contributed by atoms with Crippen LogP contribution in [0.5, 0.6) is 0 Å². The lowest BCUT2D eigenvalue weighted by Crippen LogP contribution is -2.14. The average Bonchev–Trinajstić information content (AvgIpc) is 2.96. The lowest BCUT2D eigenvalue weighted by Gasteiger charge is -2.03. The molecule has 2 heterocycles. The number of carbonyl (C=O) groups excluding carboxylic acids is 1. The molecule has 0 N–H and O–H groups in total. The quantitative estimate of drug-likeness (QED) is 0.740. The first-order chi connectivity index (χ1) is 8.65. The fourth-order valence-corrected chi connectivity index (χ4v) is 1.82. The highest BCUT2D eigenvalue weighted by atomic mass is 16.1. The van der Waals surface area contributed by atoms with Crippen molar-refractivity contribution >= 4 is 5.78 Å². The molecule has 96 valence electrons. The topological polar surface area (TPSA) is 65.6 Å². The summed E-state index contributed by atoms with van der Waals surface area (Å²) in [5, 5.41) is 8.33. The Balaban J connectivity index is 2.23. The normalized spacial score (nSPS) is 10.8. The molecule has 0 atom stereocenters. The molecular weight excluding hydrogens is 230 g/mol. The van der Waals surface area contributed by atoms with Crippen molar-refractivity contribution < 1.29 is 4.79 Å². The van der Waals surface area contributed by atoms with E-state index in [2.05, 4.69) is 15.2 Å². The van der Waals surface area contributed by atoms with Crippen LogP contribution in [0.15, 0.2) is 12.4 Å². The number of ketones is 1. The van der Waals surface area contributed by atoms with E-state index in [-0.39, 0.29) is 12.2 Å². The molecule has 6 heteroatoms. The first-order valence-electron chi connectivity index (χ1n) is 6.08. The molecule has 0 fully saturated rings. The Morgan fingerprint density at radius 1 is 1.39 bits per heavy atom. The fraction of sp³-hybridized carbons (Fsp3) is 0.500. The van der Waals surface area contributed by atoms with E-state index in [9.17, 15) is 4.79 Å². The van der Waals surface area contributed by atoms with Gasteiger partial charge in [0.2, 0.25) is 0 Å². The molecule has 2 rings (SSSR count). The smallest absolute Gasteiger partial charge is 0.188 e. The number of nitrogens with zero attached hydrogens (tertiary/aromatic N) is 5. The molecule has 0 bridgehead atoms. The van der Waals surface area contributed by atoms with Crippen LogP contribution in [0.25, 0.3) is 0 Å². The second-order valence-electron chi connectivity index (χ2n) is 4.09. The number of aromatic nitrogens is 5. The SMILES string of the molecule is CCc1cc(C(=O)Cc2ncnn2C)n(CC)n1. The maximum atomic E-state index is 12.2. The Hall–Kier alpha value is -1.98. The van der Waals surface area contributed by atoms with Crippen molar-refractivity contribution in [3.63, 3.8) is 0 Å². The van der Waals surface area contributed by atoms with Crippen LogP contribution in [0.1, 0.15) is 35.9 Å². The first-order valence-corrected chi connectivity index (χ1v) is 6.08. The fourth-order valence-electron chi connectivity index (χ4n) is 1.82. The van der Waals surface area contributed by atoms with Gasteiger partial charge in [0.25, 0.3) is 0 Å². The van der Waals surface area contributed by atoms with Gasteiger partial charge in [0.1, 0.15) is 17.8 Å². The van der Waals surface area contributed by atoms with E-state index in [1.807, 2.05) is 19.9 Å². The van der Waals surface area contributed by atoms with Gasteiger partial charge in [-0.3, -0.25) is 14.2 Å². The highest BCUT2D eigenvalue weighted by Gasteiger charge is 2.16. The van der Waals surface area contributed by atoms with Gasteiger partial charge in [-0.15, -0.1) is 0 Å². The number of aryl methyl sites for hydroxylation is 3. The second kappa shape index (κ2) is 5.12. The highest BCUT2D eigenvalue weighted by molar-refractivity contribution is 5.95. The minimum Gasteiger partial charge on any atom is -0.292 e. The Bertz CT molecular complexity index is 555. The third-order valence-electron chi connectivity index (χ3n) is 2.90. The summed E-state index contributed by atoms with van der Waals surface area (Å²) in [6.07, 6.45) is 2.54. The summed E-state index contributed by atoms with van der Waals surface area (Å²) >= 11 is 0. The van der Waals surface area contributed by atoms with Crippen molar-refractivity contribution in [3.05, 3.63) is 29.6 Å². The number of Topliss-reactive ketones (excluding diaryl/α,β-unsaturated/α-hetero) is 1. The number of carbonyl (C=O) groups is 1. The maximum Gasteiger partial charge on any atom is 0.188 e. The Morgan fingerprint density at radius 2 is 2.17 bits per heavy atom. The van der Waals surface area contributed by atoms with E-state index in [1.54, 1.807) is 16.4 Å². The van der Waals surface area contributed by atoms with Crippen molar-refractivity contribution in [3.8, 4) is 0 Å². The second-order valence-corrected chi connectivity index (χ2v) is 4.09. The van der Waals surface area contributed by atoms with Crippen molar-refractivity contribution in [2.45, 2.75) is 33.2 Å². The van der Waals surface area contributed by atoms with Crippen LogP contribution in [0.3, 0.4) is 0 Å². The van der Waals surface area contributed by atoms with E-state index in [4.69, 9.17) is 0 Å². The zero-order valence-electron chi connectivity index (χ0n) is 10.9. The van der Waals surface area contributed by atoms with E-state index in [0.717, 1.165) is 12.1 Å². The van der Waals surface area contributed by atoms with Gasteiger partial charge >= 0.3 is 0 Å². The molecule has 6 nitrogen and oxygen atoms in total. The van der Waals surface area contributed by atoms with Crippen LogP contribution < -0.4 is 0 Å².